The molecule has 1 amide bonds. The Morgan fingerprint density at radius 2 is 0.831 bits per heavy atom. The van der Waals surface area contributed by atoms with E-state index in [4.69, 9.17) is 28.4 Å². The Hall–Kier alpha value is -2.77. The second kappa shape index (κ2) is 46.4. The summed E-state index contributed by atoms with van der Waals surface area (Å²) in [4.78, 5) is 13.4. The van der Waals surface area contributed by atoms with Crippen LogP contribution in [0.25, 0.3) is 0 Å². The van der Waals surface area contributed by atoms with E-state index < -0.39 is 124 Å². The first-order valence-electron chi connectivity index (χ1n) is 31.7. The van der Waals surface area contributed by atoms with Crippen molar-refractivity contribution in [2.75, 3.05) is 26.4 Å². The highest BCUT2D eigenvalue weighted by molar-refractivity contribution is 5.76. The third-order valence-corrected chi connectivity index (χ3v) is 15.5. The average molecular weight is 1180 g/mol. The summed E-state index contributed by atoms with van der Waals surface area (Å²) in [5, 5.41) is 120. The standard InChI is InChI=1S/C64H111NO18/c1-3-5-7-9-11-13-15-17-19-20-21-22-23-24-25-26-28-30-32-34-36-38-40-42-52(70)65-47(48(69)41-39-37-35-33-31-29-27-18-16-14-12-10-8-6-4-2)46-78-62-58(76)55(73)60(50(44-67)80-62)83-64-59(77)56(74)61(51(45-68)81-64)82-63-57(75)54(72)53(71)49(43-66)79-63/h5,7,11,13,17,19,21-22,24-25,28,30,47-51,53-64,66-69,71-77H,3-4,6,8-10,12,14-16,18,20,23,26-27,29,31-46H2,1-2H3,(H,65,70)/b7-5-,13-11-,19-17-,22-21-,25-24-,30-28-. The Balaban J connectivity index is 1.48. The van der Waals surface area contributed by atoms with Crippen molar-refractivity contribution in [3.8, 4) is 0 Å². The summed E-state index contributed by atoms with van der Waals surface area (Å²) in [5.74, 6) is -0.270. The van der Waals surface area contributed by atoms with Gasteiger partial charge in [0.05, 0.1) is 38.6 Å². The molecule has 0 aliphatic carbocycles. The van der Waals surface area contributed by atoms with Crippen LogP contribution < -0.4 is 5.32 Å². The lowest BCUT2D eigenvalue weighted by molar-refractivity contribution is -0.379. The van der Waals surface area contributed by atoms with E-state index in [1.165, 1.54) is 70.6 Å². The second-order valence-electron chi connectivity index (χ2n) is 22.5. The first-order chi connectivity index (χ1) is 40.3. The minimum Gasteiger partial charge on any atom is -0.394 e. The van der Waals surface area contributed by atoms with Crippen LogP contribution in [0.2, 0.25) is 0 Å². The fourth-order valence-electron chi connectivity index (χ4n) is 10.4. The lowest BCUT2D eigenvalue weighted by atomic mass is 9.96. The van der Waals surface area contributed by atoms with Gasteiger partial charge in [-0.05, 0) is 64.2 Å². The number of rotatable bonds is 46. The van der Waals surface area contributed by atoms with Crippen LogP contribution in [0.5, 0.6) is 0 Å². The molecule has 19 heteroatoms. The maximum atomic E-state index is 13.4. The third kappa shape index (κ3) is 29.7. The number of hydrogen-bond acceptors (Lipinski definition) is 18. The fraction of sp³-hybridized carbons (Fsp3) is 0.797. The molecule has 19 nitrogen and oxygen atoms in total. The number of aliphatic hydroxyl groups is 11. The lowest BCUT2D eigenvalue weighted by Gasteiger charge is -2.48. The van der Waals surface area contributed by atoms with Crippen molar-refractivity contribution in [2.24, 2.45) is 0 Å². The zero-order chi connectivity index (χ0) is 60.5. The molecule has 3 rings (SSSR count). The van der Waals surface area contributed by atoms with Crippen LogP contribution in [-0.2, 0) is 33.2 Å². The van der Waals surface area contributed by atoms with Gasteiger partial charge in [-0.2, -0.15) is 0 Å². The summed E-state index contributed by atoms with van der Waals surface area (Å²) in [6.45, 7) is 1.64. The molecule has 3 heterocycles. The van der Waals surface area contributed by atoms with Crippen molar-refractivity contribution in [3.05, 3.63) is 72.9 Å². The third-order valence-electron chi connectivity index (χ3n) is 15.5. The van der Waals surface area contributed by atoms with Gasteiger partial charge in [0, 0.05) is 6.42 Å². The first-order valence-corrected chi connectivity index (χ1v) is 31.7. The monoisotopic (exact) mass is 1180 g/mol. The van der Waals surface area contributed by atoms with Crippen LogP contribution in [0.4, 0.5) is 0 Å². The summed E-state index contributed by atoms with van der Waals surface area (Å²) >= 11 is 0. The minimum absolute atomic E-state index is 0.233. The van der Waals surface area contributed by atoms with Crippen LogP contribution in [-0.4, -0.2) is 193 Å². The van der Waals surface area contributed by atoms with Crippen molar-refractivity contribution >= 4 is 5.91 Å². The van der Waals surface area contributed by atoms with Crippen molar-refractivity contribution in [3.63, 3.8) is 0 Å². The molecular weight excluding hydrogens is 1070 g/mol. The van der Waals surface area contributed by atoms with E-state index in [0.29, 0.717) is 12.8 Å². The zero-order valence-electron chi connectivity index (χ0n) is 50.1. The van der Waals surface area contributed by atoms with Gasteiger partial charge in [-0.3, -0.25) is 4.79 Å². The van der Waals surface area contributed by atoms with Gasteiger partial charge in [0.2, 0.25) is 5.91 Å². The number of unbranched alkanes of at least 4 members (excludes halogenated alkanes) is 18. The van der Waals surface area contributed by atoms with E-state index in [0.717, 1.165) is 89.9 Å². The molecule has 0 saturated carbocycles. The maximum Gasteiger partial charge on any atom is 0.220 e. The van der Waals surface area contributed by atoms with Crippen molar-refractivity contribution in [1.82, 2.24) is 5.32 Å². The molecule has 480 valence electrons. The largest absolute Gasteiger partial charge is 0.394 e. The van der Waals surface area contributed by atoms with Crippen molar-refractivity contribution in [1.29, 1.82) is 0 Å². The summed E-state index contributed by atoms with van der Waals surface area (Å²) in [5.41, 5.74) is 0. The molecule has 3 saturated heterocycles. The highest BCUT2D eigenvalue weighted by Gasteiger charge is 2.53. The summed E-state index contributed by atoms with van der Waals surface area (Å²) in [7, 11) is 0. The molecule has 17 unspecified atom stereocenters. The Morgan fingerprint density at radius 3 is 1.30 bits per heavy atom. The average Bonchev–Trinajstić information content (AvgIpc) is 3.18. The molecule has 3 fully saturated rings. The number of amides is 1. The predicted molar refractivity (Wildman–Crippen MR) is 318 cm³/mol. The van der Waals surface area contributed by atoms with E-state index in [1.807, 2.05) is 0 Å². The van der Waals surface area contributed by atoms with Crippen molar-refractivity contribution < 1.29 is 89.4 Å². The van der Waals surface area contributed by atoms with Gasteiger partial charge in [0.1, 0.15) is 73.2 Å². The van der Waals surface area contributed by atoms with Gasteiger partial charge in [0.25, 0.3) is 0 Å². The minimum atomic E-state index is -1.98. The topological polar surface area (TPSA) is 307 Å². The van der Waals surface area contributed by atoms with E-state index >= 15 is 0 Å². The first kappa shape index (κ1) is 74.5. The molecule has 0 bridgehead atoms. The normalized spacial score (nSPS) is 29.9. The molecule has 3 aliphatic heterocycles. The molecule has 3 aliphatic rings. The Morgan fingerprint density at radius 1 is 0.446 bits per heavy atom. The SMILES string of the molecule is CC/C=C\C/C=C\C/C=C\C/C=C\C/C=C\C/C=C\CCCCCCC(=O)NC(COC1OC(CO)C(OC2OC(CO)C(OC3OC(CO)C(O)C(O)C3O)C(O)C2O)C(O)C1O)C(O)CCCCCCCCCCCCCCCCC. The van der Waals surface area contributed by atoms with Gasteiger partial charge in [-0.25, -0.2) is 0 Å². The highest BCUT2D eigenvalue weighted by Crippen LogP contribution is 2.33. The van der Waals surface area contributed by atoms with Gasteiger partial charge in [-0.1, -0.05) is 196 Å². The summed E-state index contributed by atoms with van der Waals surface area (Å²) in [6, 6.07) is -0.905. The molecule has 0 spiro atoms. The van der Waals surface area contributed by atoms with Crippen molar-refractivity contribution in [2.45, 2.75) is 298 Å². The number of ether oxygens (including phenoxy) is 6. The van der Waals surface area contributed by atoms with Crippen LogP contribution in [0.15, 0.2) is 72.9 Å². The number of carbonyl (C=O) groups is 1. The zero-order valence-corrected chi connectivity index (χ0v) is 50.1. The Bertz CT molecular complexity index is 1790. The molecule has 0 radical (unpaired) electrons. The van der Waals surface area contributed by atoms with Crippen LogP contribution in [0.1, 0.15) is 194 Å². The quantitative estimate of drug-likeness (QED) is 0.0226. The number of aliphatic hydroxyl groups excluding tert-OH is 11. The molecule has 0 aromatic heterocycles. The van der Waals surface area contributed by atoms with E-state index in [1.54, 1.807) is 0 Å². The Kier molecular flexibility index (Phi) is 41.6. The summed E-state index contributed by atoms with van der Waals surface area (Å²) < 4.78 is 34.3. The maximum absolute atomic E-state index is 13.4. The number of hydrogen-bond donors (Lipinski definition) is 12. The molecule has 12 N–H and O–H groups in total. The van der Waals surface area contributed by atoms with Gasteiger partial charge < -0.3 is 89.9 Å². The van der Waals surface area contributed by atoms with Crippen LogP contribution in [0, 0.1) is 0 Å². The second-order valence-corrected chi connectivity index (χ2v) is 22.5. The Labute approximate surface area is 496 Å². The lowest BCUT2D eigenvalue weighted by Crippen LogP contribution is -2.66. The fourth-order valence-corrected chi connectivity index (χ4v) is 10.4. The smallest absolute Gasteiger partial charge is 0.220 e. The summed E-state index contributed by atoms with van der Waals surface area (Å²) in [6.07, 6.45) is 28.3. The van der Waals surface area contributed by atoms with E-state index in [-0.39, 0.29) is 18.9 Å². The van der Waals surface area contributed by atoms with E-state index in [9.17, 15) is 61.0 Å². The van der Waals surface area contributed by atoms with Crippen LogP contribution >= 0.6 is 0 Å². The molecular formula is C64H111NO18. The number of carbonyl (C=O) groups excluding carboxylic acids is 1. The molecule has 83 heavy (non-hydrogen) atoms. The molecule has 0 aromatic rings. The molecule has 0 aromatic carbocycles. The van der Waals surface area contributed by atoms with Gasteiger partial charge >= 0.3 is 0 Å². The van der Waals surface area contributed by atoms with Gasteiger partial charge in [-0.15, -0.1) is 0 Å². The molecule has 17 atom stereocenters. The van der Waals surface area contributed by atoms with E-state index in [2.05, 4.69) is 92.1 Å². The predicted octanol–water partition coefficient (Wildman–Crippen LogP) is 6.60. The number of nitrogens with one attached hydrogen (secondary N) is 1. The van der Waals surface area contributed by atoms with Crippen LogP contribution in [0.3, 0.4) is 0 Å². The highest BCUT2D eigenvalue weighted by atomic mass is 16.8. The van der Waals surface area contributed by atoms with Gasteiger partial charge in [0.15, 0.2) is 18.9 Å². The number of allylic oxidation sites excluding steroid dienone is 12.